The maximum absolute atomic E-state index is 12.3. The second-order valence-electron chi connectivity index (χ2n) is 5.87. The summed E-state index contributed by atoms with van der Waals surface area (Å²) in [7, 11) is 0. The highest BCUT2D eigenvalue weighted by atomic mass is 35.5. The van der Waals surface area contributed by atoms with Gasteiger partial charge in [0.1, 0.15) is 0 Å². The molecule has 9 heteroatoms. The van der Waals surface area contributed by atoms with Gasteiger partial charge in [-0.25, -0.2) is 4.79 Å². The number of ether oxygens (including phenoxy) is 1. The molecule has 0 saturated carbocycles. The van der Waals surface area contributed by atoms with Crippen molar-refractivity contribution in [1.82, 2.24) is 10.2 Å². The number of para-hydroxylation sites is 1. The van der Waals surface area contributed by atoms with Crippen LogP contribution in [-0.2, 0) is 16.0 Å². The molecule has 3 aromatic rings. The van der Waals surface area contributed by atoms with Crippen molar-refractivity contribution in [3.8, 4) is 0 Å². The standard InChI is InChI=1S/C20H18ClN3O4S/c1-2-27-19(26)15-5-3-4-6-16(15)22-17(25)12-29-20-24-23-18(28-20)11-13-7-9-14(21)10-8-13/h3-10H,2,11-12H2,1H3,(H,22,25). The summed E-state index contributed by atoms with van der Waals surface area (Å²) < 4.78 is 10.6. The van der Waals surface area contributed by atoms with E-state index in [1.165, 1.54) is 0 Å². The second-order valence-corrected chi connectivity index (χ2v) is 7.23. The highest BCUT2D eigenvalue weighted by Crippen LogP contribution is 2.20. The molecule has 0 saturated heterocycles. The van der Waals surface area contributed by atoms with Crippen molar-refractivity contribution < 1.29 is 18.7 Å². The predicted molar refractivity (Wildman–Crippen MR) is 110 cm³/mol. The van der Waals surface area contributed by atoms with Crippen LogP contribution in [-0.4, -0.2) is 34.4 Å². The van der Waals surface area contributed by atoms with Crippen molar-refractivity contribution in [2.45, 2.75) is 18.6 Å². The van der Waals surface area contributed by atoms with Crippen molar-refractivity contribution in [3.63, 3.8) is 0 Å². The normalized spacial score (nSPS) is 10.6. The average Bonchev–Trinajstić information content (AvgIpc) is 3.16. The van der Waals surface area contributed by atoms with Crippen LogP contribution in [0, 0.1) is 0 Å². The maximum Gasteiger partial charge on any atom is 0.340 e. The van der Waals surface area contributed by atoms with E-state index in [2.05, 4.69) is 15.5 Å². The summed E-state index contributed by atoms with van der Waals surface area (Å²) >= 11 is 6.99. The Bertz CT molecular complexity index is 991. The van der Waals surface area contributed by atoms with Crippen molar-refractivity contribution in [1.29, 1.82) is 0 Å². The summed E-state index contributed by atoms with van der Waals surface area (Å²) in [5, 5.41) is 11.6. The van der Waals surface area contributed by atoms with Crippen LogP contribution in [0.4, 0.5) is 5.69 Å². The van der Waals surface area contributed by atoms with E-state index in [9.17, 15) is 9.59 Å². The molecule has 0 radical (unpaired) electrons. The number of hydrogen-bond acceptors (Lipinski definition) is 7. The fourth-order valence-electron chi connectivity index (χ4n) is 2.44. The highest BCUT2D eigenvalue weighted by molar-refractivity contribution is 7.99. The summed E-state index contributed by atoms with van der Waals surface area (Å²) in [4.78, 5) is 24.2. The zero-order valence-electron chi connectivity index (χ0n) is 15.6. The van der Waals surface area contributed by atoms with E-state index >= 15 is 0 Å². The molecule has 150 valence electrons. The number of carbonyl (C=O) groups is 2. The number of anilines is 1. The number of carbonyl (C=O) groups excluding carboxylic acids is 2. The third-order valence-corrected chi connectivity index (χ3v) is 4.81. The molecule has 0 spiro atoms. The Balaban J connectivity index is 1.54. The summed E-state index contributed by atoms with van der Waals surface area (Å²) in [5.41, 5.74) is 1.68. The number of rotatable bonds is 8. The third kappa shape index (κ3) is 6.07. The van der Waals surface area contributed by atoms with E-state index in [1.54, 1.807) is 43.3 Å². The third-order valence-electron chi connectivity index (χ3n) is 3.74. The Kier molecular flexibility index (Phi) is 7.26. The fraction of sp³-hybridized carbons (Fsp3) is 0.200. The second kappa shape index (κ2) is 10.1. The Morgan fingerprint density at radius 3 is 2.66 bits per heavy atom. The van der Waals surface area contributed by atoms with Crippen LogP contribution < -0.4 is 5.32 Å². The first-order chi connectivity index (χ1) is 14.0. The fourth-order valence-corrected chi connectivity index (χ4v) is 3.14. The SMILES string of the molecule is CCOC(=O)c1ccccc1NC(=O)CSc1nnc(Cc2ccc(Cl)cc2)o1. The molecule has 0 aliphatic rings. The Labute approximate surface area is 176 Å². The molecule has 1 N–H and O–H groups in total. The lowest BCUT2D eigenvalue weighted by Gasteiger charge is -2.09. The first kappa shape index (κ1) is 20.9. The van der Waals surface area contributed by atoms with Crippen LogP contribution in [0.3, 0.4) is 0 Å². The predicted octanol–water partition coefficient (Wildman–Crippen LogP) is 4.22. The van der Waals surface area contributed by atoms with Gasteiger partial charge in [-0.3, -0.25) is 4.79 Å². The molecule has 0 bridgehead atoms. The number of halogens is 1. The number of hydrogen-bond donors (Lipinski definition) is 1. The summed E-state index contributed by atoms with van der Waals surface area (Å²) in [6.45, 7) is 1.98. The minimum Gasteiger partial charge on any atom is -0.462 e. The molecule has 1 heterocycles. The van der Waals surface area contributed by atoms with E-state index in [-0.39, 0.29) is 18.3 Å². The zero-order chi connectivity index (χ0) is 20.6. The highest BCUT2D eigenvalue weighted by Gasteiger charge is 2.15. The molecule has 29 heavy (non-hydrogen) atoms. The largest absolute Gasteiger partial charge is 0.462 e. The number of nitrogens with one attached hydrogen (secondary N) is 1. The summed E-state index contributed by atoms with van der Waals surface area (Å²) in [5.74, 6) is -0.286. The first-order valence-electron chi connectivity index (χ1n) is 8.80. The first-order valence-corrected chi connectivity index (χ1v) is 10.2. The smallest absolute Gasteiger partial charge is 0.340 e. The molecule has 7 nitrogen and oxygen atoms in total. The minimum atomic E-state index is -0.486. The summed E-state index contributed by atoms with van der Waals surface area (Å²) in [6, 6.07) is 14.0. The van der Waals surface area contributed by atoms with Gasteiger partial charge in [0.15, 0.2) is 0 Å². The Morgan fingerprint density at radius 2 is 1.90 bits per heavy atom. The molecule has 3 rings (SSSR count). The minimum absolute atomic E-state index is 0.0553. The van der Waals surface area contributed by atoms with Crippen molar-refractivity contribution in [3.05, 3.63) is 70.6 Å². The van der Waals surface area contributed by atoms with Crippen LogP contribution in [0.15, 0.2) is 58.2 Å². The molecule has 0 atom stereocenters. The molecular weight excluding hydrogens is 414 g/mol. The molecule has 0 aliphatic heterocycles. The zero-order valence-corrected chi connectivity index (χ0v) is 17.1. The van der Waals surface area contributed by atoms with Crippen LogP contribution in [0.1, 0.15) is 28.7 Å². The van der Waals surface area contributed by atoms with Crippen LogP contribution in [0.2, 0.25) is 5.02 Å². The molecule has 0 unspecified atom stereocenters. The van der Waals surface area contributed by atoms with Gasteiger partial charge in [0.25, 0.3) is 5.22 Å². The van der Waals surface area contributed by atoms with Gasteiger partial charge in [-0.1, -0.05) is 47.6 Å². The van der Waals surface area contributed by atoms with E-state index in [1.807, 2.05) is 12.1 Å². The lowest BCUT2D eigenvalue weighted by atomic mass is 10.1. The Morgan fingerprint density at radius 1 is 1.14 bits per heavy atom. The number of aromatic nitrogens is 2. The molecular formula is C20H18ClN3O4S. The maximum atomic E-state index is 12.3. The van der Waals surface area contributed by atoms with Crippen LogP contribution in [0.25, 0.3) is 0 Å². The Hall–Kier alpha value is -2.84. The van der Waals surface area contributed by atoms with E-state index < -0.39 is 5.97 Å². The summed E-state index contributed by atoms with van der Waals surface area (Å²) in [6.07, 6.45) is 0.476. The number of benzene rings is 2. The lowest BCUT2D eigenvalue weighted by molar-refractivity contribution is -0.113. The van der Waals surface area contributed by atoms with Crippen molar-refractivity contribution in [2.24, 2.45) is 0 Å². The number of nitrogens with zero attached hydrogens (tertiary/aromatic N) is 2. The average molecular weight is 432 g/mol. The van der Waals surface area contributed by atoms with Crippen molar-refractivity contribution >= 4 is 40.9 Å². The van der Waals surface area contributed by atoms with Gasteiger partial charge in [0.05, 0.1) is 30.0 Å². The number of amides is 1. The van der Waals surface area contributed by atoms with E-state index in [0.717, 1.165) is 17.3 Å². The van der Waals surface area contributed by atoms with Crippen LogP contribution in [0.5, 0.6) is 0 Å². The van der Waals surface area contributed by atoms with Crippen molar-refractivity contribution in [2.75, 3.05) is 17.7 Å². The lowest BCUT2D eigenvalue weighted by Crippen LogP contribution is -2.17. The molecule has 1 amide bonds. The molecule has 2 aromatic carbocycles. The topological polar surface area (TPSA) is 94.3 Å². The van der Waals surface area contributed by atoms with Gasteiger partial charge in [-0.15, -0.1) is 10.2 Å². The van der Waals surface area contributed by atoms with Gasteiger partial charge in [0.2, 0.25) is 11.8 Å². The number of esters is 1. The van der Waals surface area contributed by atoms with Gasteiger partial charge in [-0.05, 0) is 36.8 Å². The van der Waals surface area contributed by atoms with Crippen LogP contribution >= 0.6 is 23.4 Å². The van der Waals surface area contributed by atoms with Gasteiger partial charge in [-0.2, -0.15) is 0 Å². The quantitative estimate of drug-likeness (QED) is 0.421. The van der Waals surface area contributed by atoms with E-state index in [4.69, 9.17) is 20.8 Å². The molecule has 0 fully saturated rings. The molecule has 0 aliphatic carbocycles. The monoisotopic (exact) mass is 431 g/mol. The molecule has 1 aromatic heterocycles. The van der Waals surface area contributed by atoms with Gasteiger partial charge >= 0.3 is 5.97 Å². The van der Waals surface area contributed by atoms with Gasteiger partial charge < -0.3 is 14.5 Å². The van der Waals surface area contributed by atoms with Gasteiger partial charge in [0, 0.05) is 5.02 Å². The van der Waals surface area contributed by atoms with E-state index in [0.29, 0.717) is 33.8 Å². The number of thioether (sulfide) groups is 1.